The maximum atomic E-state index is 11.5. The van der Waals surface area contributed by atoms with Gasteiger partial charge in [-0.3, -0.25) is 4.79 Å². The molecule has 5 heteroatoms. The van der Waals surface area contributed by atoms with Gasteiger partial charge >= 0.3 is 5.97 Å². The molecule has 1 atom stereocenters. The van der Waals surface area contributed by atoms with E-state index in [4.69, 9.17) is 5.11 Å². The van der Waals surface area contributed by atoms with Gasteiger partial charge in [0, 0.05) is 0 Å². The van der Waals surface area contributed by atoms with Crippen LogP contribution in [0, 0.1) is 11.8 Å². The molecule has 0 saturated heterocycles. The smallest absolute Gasteiger partial charge is 0.307 e. The Morgan fingerprint density at radius 2 is 2.07 bits per heavy atom. The Kier molecular flexibility index (Phi) is 3.53. The van der Waals surface area contributed by atoms with E-state index in [1.165, 1.54) is 6.92 Å². The SMILES string of the molecule is CC(CS(=O)(=O)CC1CCC1)C(=O)O. The number of carboxylic acids is 1. The second-order valence-electron chi connectivity index (χ2n) is 4.11. The number of aliphatic carboxylic acids is 1. The first-order chi connectivity index (χ1) is 6.41. The summed E-state index contributed by atoms with van der Waals surface area (Å²) in [7, 11) is -3.17. The number of carbonyl (C=O) groups is 1. The number of hydrogen-bond donors (Lipinski definition) is 1. The average molecular weight is 220 g/mol. The Morgan fingerprint density at radius 1 is 1.50 bits per heavy atom. The third-order valence-corrected chi connectivity index (χ3v) is 4.63. The summed E-state index contributed by atoms with van der Waals surface area (Å²) in [5.74, 6) is -1.60. The van der Waals surface area contributed by atoms with Crippen molar-refractivity contribution in [1.82, 2.24) is 0 Å². The maximum absolute atomic E-state index is 11.5. The van der Waals surface area contributed by atoms with Gasteiger partial charge in [0.05, 0.1) is 17.4 Å². The molecule has 14 heavy (non-hydrogen) atoms. The first-order valence-electron chi connectivity index (χ1n) is 4.84. The topological polar surface area (TPSA) is 71.4 Å². The van der Waals surface area contributed by atoms with Crippen LogP contribution < -0.4 is 0 Å². The molecule has 0 aromatic carbocycles. The summed E-state index contributed by atoms with van der Waals surface area (Å²) in [5.41, 5.74) is 0. The lowest BCUT2D eigenvalue weighted by Gasteiger charge is -2.25. The lowest BCUT2D eigenvalue weighted by atomic mass is 9.87. The largest absolute Gasteiger partial charge is 0.481 e. The first-order valence-corrected chi connectivity index (χ1v) is 6.66. The van der Waals surface area contributed by atoms with Gasteiger partial charge < -0.3 is 5.11 Å². The number of rotatable bonds is 5. The highest BCUT2D eigenvalue weighted by Gasteiger charge is 2.27. The number of hydrogen-bond acceptors (Lipinski definition) is 3. The molecule has 0 radical (unpaired) electrons. The molecule has 0 spiro atoms. The van der Waals surface area contributed by atoms with Crippen LogP contribution in [0.15, 0.2) is 0 Å². The molecule has 82 valence electrons. The van der Waals surface area contributed by atoms with E-state index in [9.17, 15) is 13.2 Å². The van der Waals surface area contributed by atoms with Gasteiger partial charge in [-0.1, -0.05) is 13.3 Å². The molecule has 0 amide bonds. The van der Waals surface area contributed by atoms with Gasteiger partial charge in [0.1, 0.15) is 0 Å². The normalized spacial score (nSPS) is 20.1. The summed E-state index contributed by atoms with van der Waals surface area (Å²) in [6.45, 7) is 1.43. The van der Waals surface area contributed by atoms with Gasteiger partial charge in [0.25, 0.3) is 0 Å². The first kappa shape index (κ1) is 11.5. The van der Waals surface area contributed by atoms with Crippen molar-refractivity contribution in [3.63, 3.8) is 0 Å². The van der Waals surface area contributed by atoms with Gasteiger partial charge in [-0.15, -0.1) is 0 Å². The Balaban J connectivity index is 2.44. The lowest BCUT2D eigenvalue weighted by Crippen LogP contribution is -2.28. The highest BCUT2D eigenvalue weighted by molar-refractivity contribution is 7.91. The summed E-state index contributed by atoms with van der Waals surface area (Å²) in [6, 6.07) is 0. The van der Waals surface area contributed by atoms with Crippen molar-refractivity contribution >= 4 is 15.8 Å². The third-order valence-electron chi connectivity index (χ3n) is 2.64. The molecular formula is C9H16O4S. The van der Waals surface area contributed by atoms with E-state index >= 15 is 0 Å². The Hall–Kier alpha value is -0.580. The summed E-state index contributed by atoms with van der Waals surface area (Å²) < 4.78 is 23.0. The third kappa shape index (κ3) is 3.29. The van der Waals surface area contributed by atoms with Crippen molar-refractivity contribution < 1.29 is 18.3 Å². The molecule has 1 aliphatic carbocycles. The second kappa shape index (κ2) is 4.29. The molecule has 1 rings (SSSR count). The van der Waals surface area contributed by atoms with Crippen molar-refractivity contribution in [3.8, 4) is 0 Å². The van der Waals surface area contributed by atoms with Crippen LogP contribution in [0.1, 0.15) is 26.2 Å². The predicted octanol–water partition coefficient (Wildman–Crippen LogP) is 0.922. The molecule has 0 aromatic rings. The molecule has 0 aromatic heterocycles. The van der Waals surface area contributed by atoms with Crippen molar-refractivity contribution in [2.45, 2.75) is 26.2 Å². The Bertz CT molecular complexity index is 303. The van der Waals surface area contributed by atoms with Gasteiger partial charge in [-0.25, -0.2) is 8.42 Å². The van der Waals surface area contributed by atoms with Gasteiger partial charge in [0.15, 0.2) is 9.84 Å². The van der Waals surface area contributed by atoms with Crippen LogP contribution in [-0.4, -0.2) is 31.0 Å². The number of carboxylic acid groups (broad SMARTS) is 1. The maximum Gasteiger partial charge on any atom is 0.307 e. The fourth-order valence-corrected chi connectivity index (χ4v) is 3.63. The molecule has 1 aliphatic rings. The van der Waals surface area contributed by atoms with E-state index in [1.54, 1.807) is 0 Å². The molecule has 0 heterocycles. The van der Waals surface area contributed by atoms with Gasteiger partial charge in [-0.2, -0.15) is 0 Å². The molecule has 0 bridgehead atoms. The van der Waals surface area contributed by atoms with Crippen molar-refractivity contribution in [3.05, 3.63) is 0 Å². The van der Waals surface area contributed by atoms with Crippen LogP contribution >= 0.6 is 0 Å². The zero-order valence-corrected chi connectivity index (χ0v) is 9.09. The molecule has 0 aliphatic heterocycles. The fraction of sp³-hybridized carbons (Fsp3) is 0.889. The van der Waals surface area contributed by atoms with Crippen molar-refractivity contribution in [1.29, 1.82) is 0 Å². The molecule has 1 saturated carbocycles. The second-order valence-corrected chi connectivity index (χ2v) is 6.27. The highest BCUT2D eigenvalue weighted by atomic mass is 32.2. The fourth-order valence-electron chi connectivity index (χ4n) is 1.54. The van der Waals surface area contributed by atoms with E-state index in [0.717, 1.165) is 19.3 Å². The Labute approximate surface area is 84.2 Å². The van der Waals surface area contributed by atoms with E-state index < -0.39 is 21.7 Å². The zero-order valence-electron chi connectivity index (χ0n) is 8.27. The molecule has 4 nitrogen and oxygen atoms in total. The predicted molar refractivity (Wildman–Crippen MR) is 52.8 cm³/mol. The van der Waals surface area contributed by atoms with E-state index in [2.05, 4.69) is 0 Å². The van der Waals surface area contributed by atoms with Crippen LogP contribution in [-0.2, 0) is 14.6 Å². The van der Waals surface area contributed by atoms with Gasteiger partial charge in [-0.05, 0) is 18.8 Å². The molecule has 1 fully saturated rings. The number of sulfone groups is 1. The van der Waals surface area contributed by atoms with E-state index in [-0.39, 0.29) is 17.4 Å². The quantitative estimate of drug-likeness (QED) is 0.748. The van der Waals surface area contributed by atoms with Crippen LogP contribution in [0.4, 0.5) is 0 Å². The summed E-state index contributed by atoms with van der Waals surface area (Å²) in [6.07, 6.45) is 3.05. The summed E-state index contributed by atoms with van der Waals surface area (Å²) in [4.78, 5) is 10.5. The zero-order chi connectivity index (χ0) is 10.8. The van der Waals surface area contributed by atoms with Crippen LogP contribution in [0.2, 0.25) is 0 Å². The van der Waals surface area contributed by atoms with Crippen LogP contribution in [0.25, 0.3) is 0 Å². The minimum absolute atomic E-state index is 0.171. The monoisotopic (exact) mass is 220 g/mol. The summed E-state index contributed by atoms with van der Waals surface area (Å²) >= 11 is 0. The average Bonchev–Trinajstić information content (AvgIpc) is 1.96. The van der Waals surface area contributed by atoms with Crippen molar-refractivity contribution in [2.75, 3.05) is 11.5 Å². The lowest BCUT2D eigenvalue weighted by molar-refractivity contribution is -0.140. The standard InChI is InChI=1S/C9H16O4S/c1-7(9(10)11)5-14(12,13)6-8-3-2-4-8/h7-8H,2-6H2,1H3,(H,10,11). The van der Waals surface area contributed by atoms with E-state index in [0.29, 0.717) is 0 Å². The molecule has 1 N–H and O–H groups in total. The molecule has 1 unspecified atom stereocenters. The Morgan fingerprint density at radius 3 is 2.43 bits per heavy atom. The highest BCUT2D eigenvalue weighted by Crippen LogP contribution is 2.28. The summed E-state index contributed by atoms with van der Waals surface area (Å²) in [5, 5.41) is 8.59. The van der Waals surface area contributed by atoms with Crippen molar-refractivity contribution in [2.24, 2.45) is 11.8 Å². The van der Waals surface area contributed by atoms with Gasteiger partial charge in [0.2, 0.25) is 0 Å². The van der Waals surface area contributed by atoms with Crippen LogP contribution in [0.5, 0.6) is 0 Å². The molecular weight excluding hydrogens is 204 g/mol. The van der Waals surface area contributed by atoms with E-state index in [1.807, 2.05) is 0 Å². The minimum atomic E-state index is -3.17. The minimum Gasteiger partial charge on any atom is -0.481 e. The van der Waals surface area contributed by atoms with Crippen LogP contribution in [0.3, 0.4) is 0 Å².